The minimum absolute atomic E-state index is 0.0560. The molecular weight excluding hydrogens is 278 g/mol. The van der Waals surface area contributed by atoms with Gasteiger partial charge in [0.15, 0.2) is 0 Å². The van der Waals surface area contributed by atoms with E-state index < -0.39 is 17.6 Å². The van der Waals surface area contributed by atoms with Crippen molar-refractivity contribution in [1.82, 2.24) is 9.78 Å². The predicted molar refractivity (Wildman–Crippen MR) is 74.1 cm³/mol. The van der Waals surface area contributed by atoms with Crippen LogP contribution < -0.4 is 0 Å². The van der Waals surface area contributed by atoms with Crippen molar-refractivity contribution in [3.8, 4) is 11.3 Å². The molecule has 0 saturated carbocycles. The highest BCUT2D eigenvalue weighted by molar-refractivity contribution is 5.94. The smallest absolute Gasteiger partial charge is 0.339 e. The molecule has 0 aliphatic rings. The Hall–Kier alpha value is -2.24. The first kappa shape index (κ1) is 15.2. The SMILES string of the molecule is Cc1cc(F)c(-c2nn(CC(C)C)cc2C(=O)O)cc1F. The standard InChI is InChI=1S/C15H16F2N2O2/c1-8(2)6-19-7-11(15(20)21)14(18-19)10-5-12(16)9(3)4-13(10)17/h4-5,7-8H,6H2,1-3H3,(H,20,21). The number of halogens is 2. The third kappa shape index (κ3) is 3.09. The van der Waals surface area contributed by atoms with Gasteiger partial charge < -0.3 is 5.11 Å². The number of carbonyl (C=O) groups is 1. The number of aromatic nitrogens is 2. The van der Waals surface area contributed by atoms with Gasteiger partial charge in [0.25, 0.3) is 0 Å². The lowest BCUT2D eigenvalue weighted by Gasteiger charge is -2.05. The van der Waals surface area contributed by atoms with Crippen LogP contribution in [0.1, 0.15) is 29.8 Å². The van der Waals surface area contributed by atoms with Crippen LogP contribution in [0, 0.1) is 24.5 Å². The second-order valence-corrected chi connectivity index (χ2v) is 5.39. The van der Waals surface area contributed by atoms with Gasteiger partial charge in [0.1, 0.15) is 22.9 Å². The van der Waals surface area contributed by atoms with Crippen LogP contribution in [-0.4, -0.2) is 20.9 Å². The zero-order valence-corrected chi connectivity index (χ0v) is 12.0. The number of aryl methyl sites for hydroxylation is 1. The summed E-state index contributed by atoms with van der Waals surface area (Å²) in [6.07, 6.45) is 1.34. The van der Waals surface area contributed by atoms with Crippen molar-refractivity contribution >= 4 is 5.97 Å². The molecule has 0 aliphatic carbocycles. The molecule has 1 aromatic carbocycles. The van der Waals surface area contributed by atoms with Crippen LogP contribution in [0.15, 0.2) is 18.3 Å². The van der Waals surface area contributed by atoms with Gasteiger partial charge in [-0.2, -0.15) is 5.10 Å². The van der Waals surface area contributed by atoms with E-state index in [0.29, 0.717) is 6.54 Å². The maximum Gasteiger partial charge on any atom is 0.339 e. The topological polar surface area (TPSA) is 55.1 Å². The van der Waals surface area contributed by atoms with E-state index in [9.17, 15) is 18.7 Å². The lowest BCUT2D eigenvalue weighted by atomic mass is 10.1. The monoisotopic (exact) mass is 294 g/mol. The Morgan fingerprint density at radius 2 is 2.00 bits per heavy atom. The summed E-state index contributed by atoms with van der Waals surface area (Å²) in [6.45, 7) is 5.84. The Kier molecular flexibility index (Phi) is 4.06. The van der Waals surface area contributed by atoms with Gasteiger partial charge in [-0.1, -0.05) is 13.8 Å². The molecule has 4 nitrogen and oxygen atoms in total. The van der Waals surface area contributed by atoms with Crippen LogP contribution in [0.3, 0.4) is 0 Å². The molecule has 0 saturated heterocycles. The molecule has 0 unspecified atom stereocenters. The maximum absolute atomic E-state index is 14.0. The molecule has 1 heterocycles. The van der Waals surface area contributed by atoms with Gasteiger partial charge in [0.2, 0.25) is 0 Å². The molecule has 21 heavy (non-hydrogen) atoms. The van der Waals surface area contributed by atoms with Crippen LogP contribution in [-0.2, 0) is 6.54 Å². The highest BCUT2D eigenvalue weighted by Gasteiger charge is 2.21. The van der Waals surface area contributed by atoms with Gasteiger partial charge in [0, 0.05) is 18.3 Å². The molecule has 0 fully saturated rings. The van der Waals surface area contributed by atoms with Crippen molar-refractivity contribution in [2.75, 3.05) is 0 Å². The second-order valence-electron chi connectivity index (χ2n) is 5.39. The van der Waals surface area contributed by atoms with E-state index in [0.717, 1.165) is 12.1 Å². The predicted octanol–water partition coefficient (Wildman–Crippen LogP) is 3.49. The zero-order chi connectivity index (χ0) is 15.7. The third-order valence-electron chi connectivity index (χ3n) is 3.05. The van der Waals surface area contributed by atoms with E-state index in [1.54, 1.807) is 0 Å². The fourth-order valence-electron chi connectivity index (χ4n) is 2.07. The summed E-state index contributed by atoms with van der Waals surface area (Å²) in [4.78, 5) is 11.3. The Labute approximate surface area is 121 Å². The molecule has 1 N–H and O–H groups in total. The Bertz CT molecular complexity index is 693. The quantitative estimate of drug-likeness (QED) is 0.939. The molecule has 0 bridgehead atoms. The van der Waals surface area contributed by atoms with E-state index in [1.165, 1.54) is 17.8 Å². The Balaban J connectivity index is 2.59. The number of benzene rings is 1. The van der Waals surface area contributed by atoms with Gasteiger partial charge in [0.05, 0.1) is 0 Å². The van der Waals surface area contributed by atoms with Crippen LogP contribution in [0.2, 0.25) is 0 Å². The van der Waals surface area contributed by atoms with Crippen molar-refractivity contribution in [3.63, 3.8) is 0 Å². The number of carboxylic acids is 1. The average molecular weight is 294 g/mol. The third-order valence-corrected chi connectivity index (χ3v) is 3.05. The Morgan fingerprint density at radius 3 is 2.57 bits per heavy atom. The van der Waals surface area contributed by atoms with E-state index in [2.05, 4.69) is 5.10 Å². The van der Waals surface area contributed by atoms with Gasteiger partial charge in [-0.05, 0) is 30.5 Å². The van der Waals surface area contributed by atoms with Crippen molar-refractivity contribution in [2.45, 2.75) is 27.3 Å². The number of aromatic carboxylic acids is 1. The molecule has 0 spiro atoms. The first-order chi connectivity index (χ1) is 9.79. The highest BCUT2D eigenvalue weighted by Crippen LogP contribution is 2.27. The van der Waals surface area contributed by atoms with Gasteiger partial charge in [-0.3, -0.25) is 4.68 Å². The number of hydrogen-bond acceptors (Lipinski definition) is 2. The van der Waals surface area contributed by atoms with Gasteiger partial charge in [-0.25, -0.2) is 13.6 Å². The average Bonchev–Trinajstić information content (AvgIpc) is 2.76. The first-order valence-corrected chi connectivity index (χ1v) is 6.56. The minimum atomic E-state index is -1.22. The molecule has 0 aliphatic heterocycles. The maximum atomic E-state index is 14.0. The summed E-state index contributed by atoms with van der Waals surface area (Å²) in [5.41, 5.74) is -0.176. The molecule has 0 radical (unpaired) electrons. The number of rotatable bonds is 4. The first-order valence-electron chi connectivity index (χ1n) is 6.56. The van der Waals surface area contributed by atoms with Gasteiger partial charge in [-0.15, -0.1) is 0 Å². The Morgan fingerprint density at radius 1 is 1.33 bits per heavy atom. The molecule has 2 aromatic rings. The van der Waals surface area contributed by atoms with E-state index in [1.807, 2.05) is 13.8 Å². The summed E-state index contributed by atoms with van der Waals surface area (Å²) < 4.78 is 29.1. The van der Waals surface area contributed by atoms with Crippen LogP contribution in [0.5, 0.6) is 0 Å². The van der Waals surface area contributed by atoms with Crippen molar-refractivity contribution in [1.29, 1.82) is 0 Å². The minimum Gasteiger partial charge on any atom is -0.478 e. The molecule has 1 aromatic heterocycles. The lowest BCUT2D eigenvalue weighted by molar-refractivity contribution is 0.0697. The summed E-state index contributed by atoms with van der Waals surface area (Å²) in [5.74, 6) is -2.26. The zero-order valence-electron chi connectivity index (χ0n) is 12.0. The molecular formula is C15H16F2N2O2. The number of carboxylic acid groups (broad SMARTS) is 1. The fraction of sp³-hybridized carbons (Fsp3) is 0.333. The molecule has 0 atom stereocenters. The van der Waals surface area contributed by atoms with Gasteiger partial charge >= 0.3 is 5.97 Å². The number of nitrogens with zero attached hydrogens (tertiary/aromatic N) is 2. The number of hydrogen-bond donors (Lipinski definition) is 1. The van der Waals surface area contributed by atoms with Crippen molar-refractivity contribution < 1.29 is 18.7 Å². The molecule has 2 rings (SSSR count). The normalized spacial score (nSPS) is 11.1. The van der Waals surface area contributed by atoms with E-state index in [-0.39, 0.29) is 28.3 Å². The molecule has 112 valence electrons. The highest BCUT2D eigenvalue weighted by atomic mass is 19.1. The van der Waals surface area contributed by atoms with E-state index >= 15 is 0 Å². The summed E-state index contributed by atoms with van der Waals surface area (Å²) >= 11 is 0. The fourth-order valence-corrected chi connectivity index (χ4v) is 2.07. The summed E-state index contributed by atoms with van der Waals surface area (Å²) in [5, 5.41) is 13.3. The van der Waals surface area contributed by atoms with Crippen molar-refractivity contribution in [3.05, 3.63) is 41.1 Å². The van der Waals surface area contributed by atoms with Crippen LogP contribution in [0.25, 0.3) is 11.3 Å². The lowest BCUT2D eigenvalue weighted by Crippen LogP contribution is -2.04. The molecule has 0 amide bonds. The largest absolute Gasteiger partial charge is 0.478 e. The van der Waals surface area contributed by atoms with Crippen LogP contribution >= 0.6 is 0 Å². The second kappa shape index (κ2) is 5.63. The summed E-state index contributed by atoms with van der Waals surface area (Å²) in [7, 11) is 0. The molecule has 6 heteroatoms. The summed E-state index contributed by atoms with van der Waals surface area (Å²) in [6, 6.07) is 2.02. The van der Waals surface area contributed by atoms with Crippen LogP contribution in [0.4, 0.5) is 8.78 Å². The van der Waals surface area contributed by atoms with E-state index in [4.69, 9.17) is 0 Å². The van der Waals surface area contributed by atoms with Crippen molar-refractivity contribution in [2.24, 2.45) is 5.92 Å².